The highest BCUT2D eigenvalue weighted by Crippen LogP contribution is 2.46. The van der Waals surface area contributed by atoms with Crippen molar-refractivity contribution in [1.29, 1.82) is 0 Å². The lowest BCUT2D eigenvalue weighted by Gasteiger charge is -2.28. The van der Waals surface area contributed by atoms with Gasteiger partial charge >= 0.3 is 0 Å². The normalized spacial score (nSPS) is 11.6. The van der Waals surface area contributed by atoms with Gasteiger partial charge in [0.25, 0.3) is 0 Å². The summed E-state index contributed by atoms with van der Waals surface area (Å²) in [5.74, 6) is 0. The number of rotatable bonds is 6. The molecule has 3 heteroatoms. The number of para-hydroxylation sites is 3. The van der Waals surface area contributed by atoms with Crippen LogP contribution in [0.4, 0.5) is 17.1 Å². The Morgan fingerprint density at radius 2 is 0.873 bits per heavy atom. The van der Waals surface area contributed by atoms with Crippen molar-refractivity contribution in [2.45, 2.75) is 0 Å². The molecule has 11 aromatic rings. The SMILES string of the molecule is c1ccc(-c2ccc(-c3ccc(N(c4ccccc4-c4ccc5oc6c7ccccc7ccc6c5c4)c4cccc5c4oc4ccccc45)cc3)cc2)cc1. The Hall–Kier alpha value is -7.36. The van der Waals surface area contributed by atoms with Gasteiger partial charge in [0.05, 0.1) is 11.4 Å². The summed E-state index contributed by atoms with van der Waals surface area (Å²) in [4.78, 5) is 2.34. The molecule has 0 aliphatic rings. The van der Waals surface area contributed by atoms with E-state index in [2.05, 4.69) is 193 Å². The van der Waals surface area contributed by atoms with Gasteiger partial charge in [-0.15, -0.1) is 0 Å². The predicted octanol–water partition coefficient (Wildman–Crippen LogP) is 15.1. The maximum atomic E-state index is 6.67. The summed E-state index contributed by atoms with van der Waals surface area (Å²) in [5, 5.41) is 6.70. The molecule has 11 rings (SSSR count). The first-order valence-corrected chi connectivity index (χ1v) is 18.7. The third-order valence-electron chi connectivity index (χ3n) is 10.9. The Morgan fingerprint density at radius 1 is 0.309 bits per heavy atom. The Balaban J connectivity index is 1.07. The van der Waals surface area contributed by atoms with Crippen LogP contribution in [-0.4, -0.2) is 0 Å². The monoisotopic (exact) mass is 703 g/mol. The topological polar surface area (TPSA) is 29.5 Å². The molecule has 3 nitrogen and oxygen atoms in total. The molecule has 0 aliphatic carbocycles. The van der Waals surface area contributed by atoms with Crippen LogP contribution in [0.15, 0.2) is 209 Å². The molecule has 0 radical (unpaired) electrons. The molecule has 0 N–H and O–H groups in total. The summed E-state index contributed by atoms with van der Waals surface area (Å²) in [6.45, 7) is 0. The van der Waals surface area contributed by atoms with Crippen LogP contribution in [-0.2, 0) is 0 Å². The van der Waals surface area contributed by atoms with Crippen LogP contribution in [0.5, 0.6) is 0 Å². The van der Waals surface area contributed by atoms with E-state index in [0.29, 0.717) is 0 Å². The largest absolute Gasteiger partial charge is 0.455 e. The van der Waals surface area contributed by atoms with Crippen LogP contribution in [0.3, 0.4) is 0 Å². The van der Waals surface area contributed by atoms with E-state index >= 15 is 0 Å². The Kier molecular flexibility index (Phi) is 7.17. The average Bonchev–Trinajstić information content (AvgIpc) is 3.84. The maximum absolute atomic E-state index is 6.67. The molecule has 0 amide bonds. The van der Waals surface area contributed by atoms with E-state index in [0.717, 1.165) is 83.0 Å². The van der Waals surface area contributed by atoms with Crippen molar-refractivity contribution in [1.82, 2.24) is 0 Å². The van der Waals surface area contributed by atoms with Gasteiger partial charge in [-0.05, 0) is 81.7 Å². The van der Waals surface area contributed by atoms with Gasteiger partial charge in [0, 0.05) is 38.2 Å². The smallest absolute Gasteiger partial charge is 0.159 e. The summed E-state index contributed by atoms with van der Waals surface area (Å²) in [6.07, 6.45) is 0. The van der Waals surface area contributed by atoms with Gasteiger partial charge in [0.15, 0.2) is 5.58 Å². The highest BCUT2D eigenvalue weighted by Gasteiger charge is 2.22. The molecule has 0 saturated carbocycles. The molecule has 55 heavy (non-hydrogen) atoms. The van der Waals surface area contributed by atoms with Crippen LogP contribution in [0.25, 0.3) is 88.0 Å². The number of furan rings is 2. The molecule has 0 atom stereocenters. The summed E-state index contributed by atoms with van der Waals surface area (Å²) >= 11 is 0. The third kappa shape index (κ3) is 5.20. The molecule has 258 valence electrons. The molecule has 0 bridgehead atoms. The lowest BCUT2D eigenvalue weighted by molar-refractivity contribution is 0.669. The first-order valence-electron chi connectivity index (χ1n) is 18.7. The molecule has 9 aromatic carbocycles. The number of benzene rings is 9. The average molecular weight is 704 g/mol. The number of anilines is 3. The van der Waals surface area contributed by atoms with Crippen molar-refractivity contribution in [2.24, 2.45) is 0 Å². The van der Waals surface area contributed by atoms with Crippen LogP contribution in [0.1, 0.15) is 0 Å². The fourth-order valence-electron chi connectivity index (χ4n) is 8.19. The lowest BCUT2D eigenvalue weighted by Crippen LogP contribution is -2.11. The molecule has 2 heterocycles. The summed E-state index contributed by atoms with van der Waals surface area (Å²) in [7, 11) is 0. The van der Waals surface area contributed by atoms with Crippen LogP contribution < -0.4 is 4.90 Å². The van der Waals surface area contributed by atoms with Crippen molar-refractivity contribution < 1.29 is 8.83 Å². The number of nitrogens with zero attached hydrogens (tertiary/aromatic N) is 1. The fraction of sp³-hybridized carbons (Fsp3) is 0. The van der Waals surface area contributed by atoms with Crippen molar-refractivity contribution in [3.8, 4) is 33.4 Å². The van der Waals surface area contributed by atoms with E-state index in [1.54, 1.807) is 0 Å². The first kappa shape index (κ1) is 31.2. The summed E-state index contributed by atoms with van der Waals surface area (Å²) in [6, 6.07) is 70.9. The van der Waals surface area contributed by atoms with Crippen LogP contribution >= 0.6 is 0 Å². The van der Waals surface area contributed by atoms with E-state index < -0.39 is 0 Å². The van der Waals surface area contributed by atoms with Gasteiger partial charge in [-0.25, -0.2) is 0 Å². The summed E-state index contributed by atoms with van der Waals surface area (Å²) < 4.78 is 13.2. The predicted molar refractivity (Wildman–Crippen MR) is 229 cm³/mol. The minimum Gasteiger partial charge on any atom is -0.455 e. The first-order chi connectivity index (χ1) is 27.3. The van der Waals surface area contributed by atoms with E-state index in [1.807, 2.05) is 12.1 Å². The zero-order valence-electron chi connectivity index (χ0n) is 29.8. The van der Waals surface area contributed by atoms with Crippen molar-refractivity contribution >= 4 is 71.7 Å². The molecule has 0 aliphatic heterocycles. The Labute approximate surface area is 317 Å². The molecule has 2 aromatic heterocycles. The molecule has 0 spiro atoms. The van der Waals surface area contributed by atoms with Crippen LogP contribution in [0, 0.1) is 0 Å². The van der Waals surface area contributed by atoms with E-state index in [-0.39, 0.29) is 0 Å². The quantitative estimate of drug-likeness (QED) is 0.173. The molecular formula is C52H33NO2. The second-order valence-corrected chi connectivity index (χ2v) is 14.1. The zero-order chi connectivity index (χ0) is 36.3. The Morgan fingerprint density at radius 3 is 1.69 bits per heavy atom. The van der Waals surface area contributed by atoms with Gasteiger partial charge in [0.1, 0.15) is 16.7 Å². The van der Waals surface area contributed by atoms with Crippen LogP contribution in [0.2, 0.25) is 0 Å². The highest BCUT2D eigenvalue weighted by molar-refractivity contribution is 6.16. The van der Waals surface area contributed by atoms with Crippen molar-refractivity contribution in [3.05, 3.63) is 200 Å². The second-order valence-electron chi connectivity index (χ2n) is 14.1. The van der Waals surface area contributed by atoms with Gasteiger partial charge in [-0.1, -0.05) is 152 Å². The molecule has 0 unspecified atom stereocenters. The number of hydrogen-bond donors (Lipinski definition) is 0. The van der Waals surface area contributed by atoms with Gasteiger partial charge < -0.3 is 13.7 Å². The number of hydrogen-bond acceptors (Lipinski definition) is 3. The van der Waals surface area contributed by atoms with E-state index in [9.17, 15) is 0 Å². The van der Waals surface area contributed by atoms with E-state index in [4.69, 9.17) is 8.83 Å². The molecular weight excluding hydrogens is 671 g/mol. The minimum absolute atomic E-state index is 0.849. The maximum Gasteiger partial charge on any atom is 0.159 e. The second kappa shape index (κ2) is 12.6. The van der Waals surface area contributed by atoms with Gasteiger partial charge in [0.2, 0.25) is 0 Å². The summed E-state index contributed by atoms with van der Waals surface area (Å²) in [5.41, 5.74) is 13.5. The number of fused-ring (bicyclic) bond motifs is 8. The lowest BCUT2D eigenvalue weighted by atomic mass is 9.98. The zero-order valence-corrected chi connectivity index (χ0v) is 29.8. The molecule has 0 saturated heterocycles. The third-order valence-corrected chi connectivity index (χ3v) is 10.9. The highest BCUT2D eigenvalue weighted by atomic mass is 16.3. The molecule has 0 fully saturated rings. The van der Waals surface area contributed by atoms with E-state index in [1.165, 1.54) is 22.1 Å². The van der Waals surface area contributed by atoms with Crippen molar-refractivity contribution in [2.75, 3.05) is 4.90 Å². The van der Waals surface area contributed by atoms with Gasteiger partial charge in [-0.2, -0.15) is 0 Å². The van der Waals surface area contributed by atoms with Gasteiger partial charge in [-0.3, -0.25) is 0 Å². The Bertz CT molecular complexity index is 3190. The minimum atomic E-state index is 0.849. The standard InChI is InChI=1S/C52H33NO2/c1-2-11-34(12-3-1)35-21-23-36(24-22-35)37-25-29-40(30-26-37)53(48-19-10-17-44-43-16-7-9-20-49(43)55-52(44)48)47-18-8-6-14-41(47)39-28-32-50-46(33-39)45-31-27-38-13-4-5-15-42(38)51(45)54-50/h1-33H. The fourth-order valence-corrected chi connectivity index (χ4v) is 8.19. The van der Waals surface area contributed by atoms with Crippen molar-refractivity contribution in [3.63, 3.8) is 0 Å².